The van der Waals surface area contributed by atoms with Crippen molar-refractivity contribution in [2.45, 2.75) is 13.0 Å². The molecule has 3 aromatic rings. The third kappa shape index (κ3) is 6.84. The van der Waals surface area contributed by atoms with Crippen LogP contribution in [0.5, 0.6) is 11.5 Å². The molecule has 1 unspecified atom stereocenters. The van der Waals surface area contributed by atoms with Crippen LogP contribution in [-0.2, 0) is 4.79 Å². The predicted octanol–water partition coefficient (Wildman–Crippen LogP) is 5.13. The lowest BCUT2D eigenvalue weighted by atomic mass is 10.2. The van der Waals surface area contributed by atoms with Crippen molar-refractivity contribution in [2.75, 3.05) is 0 Å². The first kappa shape index (κ1) is 22.3. The lowest BCUT2D eigenvalue weighted by Crippen LogP contribution is -2.33. The lowest BCUT2D eigenvalue weighted by molar-refractivity contribution is -0.127. The summed E-state index contributed by atoms with van der Waals surface area (Å²) in [6.45, 7) is 1.60. The summed E-state index contributed by atoms with van der Waals surface area (Å²) in [6.07, 6.45) is 0.658. The number of hydrogen-bond donors (Lipinski definition) is 1. The van der Waals surface area contributed by atoms with Gasteiger partial charge in [-0.05, 0) is 67.1 Å². The number of carbonyl (C=O) groups is 2. The topological polar surface area (TPSA) is 77.0 Å². The average Bonchev–Trinajstić information content (AvgIpc) is 2.74. The molecular weight excluding hydrogens is 439 g/mol. The second-order valence-corrected chi connectivity index (χ2v) is 7.29. The Kier molecular flexibility index (Phi) is 7.65. The highest BCUT2D eigenvalue weighted by atomic mass is 35.5. The highest BCUT2D eigenvalue weighted by Gasteiger charge is 2.14. The molecule has 1 atom stereocenters. The molecule has 0 aliphatic carbocycles. The molecule has 31 heavy (non-hydrogen) atoms. The minimum atomic E-state index is -0.776. The van der Waals surface area contributed by atoms with Crippen LogP contribution in [0.15, 0.2) is 77.9 Å². The van der Waals surface area contributed by atoms with Crippen LogP contribution in [0.1, 0.15) is 22.8 Å². The number of hydrogen-bond acceptors (Lipinski definition) is 5. The van der Waals surface area contributed by atoms with Gasteiger partial charge in [0.2, 0.25) is 0 Å². The van der Waals surface area contributed by atoms with Gasteiger partial charge < -0.3 is 9.47 Å². The van der Waals surface area contributed by atoms with E-state index in [4.69, 9.17) is 32.7 Å². The van der Waals surface area contributed by atoms with Gasteiger partial charge in [0, 0.05) is 10.0 Å². The van der Waals surface area contributed by atoms with Crippen LogP contribution >= 0.6 is 23.2 Å². The van der Waals surface area contributed by atoms with Crippen LogP contribution in [-0.4, -0.2) is 24.2 Å². The van der Waals surface area contributed by atoms with Gasteiger partial charge in [-0.15, -0.1) is 0 Å². The largest absolute Gasteiger partial charge is 0.481 e. The SMILES string of the molecule is CC(Oc1cccc(Cl)c1)C(=O)N/N=C/c1cccc(OC(=O)c2ccc(Cl)cc2)c1. The second-order valence-electron chi connectivity index (χ2n) is 6.42. The van der Waals surface area contributed by atoms with Crippen molar-refractivity contribution in [3.63, 3.8) is 0 Å². The molecular formula is C23H18Cl2N2O4. The molecule has 1 N–H and O–H groups in total. The van der Waals surface area contributed by atoms with Gasteiger partial charge in [-0.2, -0.15) is 5.10 Å². The van der Waals surface area contributed by atoms with E-state index >= 15 is 0 Å². The quantitative estimate of drug-likeness (QED) is 0.231. The van der Waals surface area contributed by atoms with Gasteiger partial charge in [-0.25, -0.2) is 10.2 Å². The van der Waals surface area contributed by atoms with Crippen molar-refractivity contribution in [2.24, 2.45) is 5.10 Å². The summed E-state index contributed by atoms with van der Waals surface area (Å²) in [6, 6.07) is 19.9. The van der Waals surface area contributed by atoms with E-state index in [2.05, 4.69) is 10.5 Å². The smallest absolute Gasteiger partial charge is 0.343 e. The molecule has 0 aliphatic heterocycles. The van der Waals surface area contributed by atoms with Crippen LogP contribution in [0.3, 0.4) is 0 Å². The number of nitrogens with one attached hydrogen (secondary N) is 1. The molecule has 3 rings (SSSR count). The highest BCUT2D eigenvalue weighted by Crippen LogP contribution is 2.18. The van der Waals surface area contributed by atoms with Gasteiger partial charge in [0.15, 0.2) is 6.10 Å². The maximum Gasteiger partial charge on any atom is 0.343 e. The minimum absolute atomic E-state index is 0.341. The minimum Gasteiger partial charge on any atom is -0.481 e. The second kappa shape index (κ2) is 10.6. The zero-order chi connectivity index (χ0) is 22.2. The molecule has 0 saturated carbocycles. The van der Waals surface area contributed by atoms with E-state index in [9.17, 15) is 9.59 Å². The van der Waals surface area contributed by atoms with E-state index in [1.807, 2.05) is 0 Å². The fourth-order valence-electron chi connectivity index (χ4n) is 2.47. The molecule has 0 bridgehead atoms. The Morgan fingerprint density at radius 1 is 0.935 bits per heavy atom. The van der Waals surface area contributed by atoms with Crippen molar-refractivity contribution in [3.8, 4) is 11.5 Å². The Labute approximate surface area is 189 Å². The van der Waals surface area contributed by atoms with Gasteiger partial charge in [0.25, 0.3) is 5.91 Å². The summed E-state index contributed by atoms with van der Waals surface area (Å²) < 4.78 is 10.9. The molecule has 3 aromatic carbocycles. The Morgan fingerprint density at radius 2 is 1.65 bits per heavy atom. The highest BCUT2D eigenvalue weighted by molar-refractivity contribution is 6.31. The zero-order valence-corrected chi connectivity index (χ0v) is 17.9. The van der Waals surface area contributed by atoms with Crippen molar-refractivity contribution < 1.29 is 19.1 Å². The number of ether oxygens (including phenoxy) is 2. The fraction of sp³-hybridized carbons (Fsp3) is 0.0870. The normalized spacial score (nSPS) is 11.7. The van der Waals surface area contributed by atoms with E-state index in [0.717, 1.165) is 0 Å². The van der Waals surface area contributed by atoms with Crippen molar-refractivity contribution in [1.29, 1.82) is 0 Å². The van der Waals surface area contributed by atoms with Crippen LogP contribution in [0.2, 0.25) is 10.0 Å². The Balaban J connectivity index is 1.55. The summed E-state index contributed by atoms with van der Waals surface area (Å²) in [7, 11) is 0. The van der Waals surface area contributed by atoms with E-state index in [1.54, 1.807) is 79.7 Å². The lowest BCUT2D eigenvalue weighted by Gasteiger charge is -2.12. The molecule has 6 nitrogen and oxygen atoms in total. The first-order valence-electron chi connectivity index (χ1n) is 9.23. The van der Waals surface area contributed by atoms with Gasteiger partial charge in [0.1, 0.15) is 11.5 Å². The molecule has 0 radical (unpaired) electrons. The van der Waals surface area contributed by atoms with E-state index < -0.39 is 18.0 Å². The first-order valence-corrected chi connectivity index (χ1v) is 9.99. The summed E-state index contributed by atoms with van der Waals surface area (Å²) in [5.41, 5.74) is 3.42. The number of rotatable bonds is 7. The van der Waals surface area contributed by atoms with E-state index in [0.29, 0.717) is 32.7 Å². The number of nitrogens with zero attached hydrogens (tertiary/aromatic N) is 1. The van der Waals surface area contributed by atoms with Crippen molar-refractivity contribution in [3.05, 3.63) is 94.0 Å². The van der Waals surface area contributed by atoms with Gasteiger partial charge in [-0.1, -0.05) is 41.4 Å². The zero-order valence-electron chi connectivity index (χ0n) is 16.4. The van der Waals surface area contributed by atoms with Crippen molar-refractivity contribution in [1.82, 2.24) is 5.43 Å². The Morgan fingerprint density at radius 3 is 2.39 bits per heavy atom. The number of esters is 1. The summed E-state index contributed by atoms with van der Waals surface area (Å²) in [4.78, 5) is 24.4. The molecule has 0 spiro atoms. The predicted molar refractivity (Wildman–Crippen MR) is 120 cm³/mol. The van der Waals surface area contributed by atoms with Crippen LogP contribution in [0.4, 0.5) is 0 Å². The van der Waals surface area contributed by atoms with Gasteiger partial charge in [-0.3, -0.25) is 4.79 Å². The maximum absolute atomic E-state index is 12.2. The molecule has 0 saturated heterocycles. The third-order valence-electron chi connectivity index (χ3n) is 4.02. The number of halogens is 2. The Bertz CT molecular complexity index is 1100. The summed E-state index contributed by atoms with van der Waals surface area (Å²) in [5, 5.41) is 4.97. The van der Waals surface area contributed by atoms with E-state index in [1.165, 1.54) is 6.21 Å². The molecule has 0 aliphatic rings. The van der Waals surface area contributed by atoms with E-state index in [-0.39, 0.29) is 0 Å². The number of hydrazone groups is 1. The molecule has 0 aromatic heterocycles. The Hall–Kier alpha value is -3.35. The molecule has 1 amide bonds. The van der Waals surface area contributed by atoms with Crippen molar-refractivity contribution >= 4 is 41.3 Å². The van der Waals surface area contributed by atoms with Gasteiger partial charge >= 0.3 is 5.97 Å². The summed E-state index contributed by atoms with van der Waals surface area (Å²) in [5.74, 6) is -0.116. The monoisotopic (exact) mass is 456 g/mol. The van der Waals surface area contributed by atoms with Crippen LogP contribution in [0.25, 0.3) is 0 Å². The summed E-state index contributed by atoms with van der Waals surface area (Å²) >= 11 is 11.7. The third-order valence-corrected chi connectivity index (χ3v) is 4.50. The van der Waals surface area contributed by atoms with Gasteiger partial charge in [0.05, 0.1) is 11.8 Å². The number of carbonyl (C=O) groups excluding carboxylic acids is 2. The molecule has 158 valence electrons. The standard InChI is InChI=1S/C23H18Cl2N2O4/c1-15(30-21-7-3-5-19(25)13-21)22(28)27-26-14-16-4-2-6-20(12-16)31-23(29)17-8-10-18(24)11-9-17/h2-15H,1H3,(H,27,28)/b26-14+. The first-order chi connectivity index (χ1) is 14.9. The van der Waals surface area contributed by atoms with Crippen LogP contribution < -0.4 is 14.9 Å². The number of amides is 1. The molecule has 0 heterocycles. The maximum atomic E-state index is 12.2. The number of benzene rings is 3. The molecule has 8 heteroatoms. The average molecular weight is 457 g/mol. The molecule has 0 fully saturated rings. The fourth-order valence-corrected chi connectivity index (χ4v) is 2.78. The van der Waals surface area contributed by atoms with Crippen LogP contribution in [0, 0.1) is 0 Å².